The highest BCUT2D eigenvalue weighted by atomic mass is 16.7. The van der Waals surface area contributed by atoms with Crippen molar-refractivity contribution < 1.29 is 30.6 Å². The van der Waals surface area contributed by atoms with Crippen LogP contribution >= 0.6 is 0 Å². The van der Waals surface area contributed by atoms with E-state index in [0.29, 0.717) is 32.7 Å². The zero-order valence-electron chi connectivity index (χ0n) is 12.4. The van der Waals surface area contributed by atoms with Crippen molar-refractivity contribution in [2.75, 3.05) is 59.1 Å². The molecule has 0 aliphatic heterocycles. The molecule has 124 valence electrons. The van der Waals surface area contributed by atoms with Gasteiger partial charge in [0.1, 0.15) is 0 Å². The fourth-order valence-electron chi connectivity index (χ4n) is 1.51. The third-order valence-electron chi connectivity index (χ3n) is 2.58. The molecule has 0 saturated heterocycles. The first-order valence-electron chi connectivity index (χ1n) is 6.78. The minimum Gasteiger partial charge on any atom is -0.395 e. The Morgan fingerprint density at radius 2 is 1.05 bits per heavy atom. The van der Waals surface area contributed by atoms with Gasteiger partial charge in [-0.1, -0.05) is 13.8 Å². The van der Waals surface area contributed by atoms with Gasteiger partial charge >= 0.3 is 0 Å². The van der Waals surface area contributed by atoms with E-state index >= 15 is 0 Å². The molecule has 0 amide bonds. The standard InChI is InChI=1S/2C6H15NO3/c8-4-1-7(2-5-9)3-6-10;1-3-7(4-2)5-6(8,9)10/h8-10H,1-6H2;8-10H,3-5H2,1-2H3. The molecule has 0 bridgehead atoms. The van der Waals surface area contributed by atoms with Crippen molar-refractivity contribution in [3.05, 3.63) is 0 Å². The zero-order valence-corrected chi connectivity index (χ0v) is 12.4. The number of aliphatic hydroxyl groups is 6. The molecule has 0 fully saturated rings. The number of hydrogen-bond donors (Lipinski definition) is 6. The lowest BCUT2D eigenvalue weighted by atomic mass is 10.4. The lowest BCUT2D eigenvalue weighted by Gasteiger charge is -2.23. The molecular weight excluding hydrogens is 268 g/mol. The van der Waals surface area contributed by atoms with E-state index in [9.17, 15) is 0 Å². The molecule has 0 aliphatic carbocycles. The Labute approximate surface area is 120 Å². The summed E-state index contributed by atoms with van der Waals surface area (Å²) in [6.07, 6.45) is 0. The fraction of sp³-hybridized carbons (Fsp3) is 1.00. The summed E-state index contributed by atoms with van der Waals surface area (Å²) in [5.41, 5.74) is 0. The Hall–Kier alpha value is -0.320. The molecular formula is C12H30N2O6. The molecule has 6 N–H and O–H groups in total. The second kappa shape index (κ2) is 13.7. The molecule has 8 nitrogen and oxygen atoms in total. The number of rotatable bonds is 10. The third-order valence-corrected chi connectivity index (χ3v) is 2.58. The van der Waals surface area contributed by atoms with Crippen LogP contribution in [0.3, 0.4) is 0 Å². The molecule has 0 radical (unpaired) electrons. The van der Waals surface area contributed by atoms with Crippen LogP contribution in [0.4, 0.5) is 0 Å². The van der Waals surface area contributed by atoms with Gasteiger partial charge in [0, 0.05) is 19.6 Å². The van der Waals surface area contributed by atoms with Crippen LogP contribution in [0.2, 0.25) is 0 Å². The van der Waals surface area contributed by atoms with Crippen LogP contribution < -0.4 is 0 Å². The van der Waals surface area contributed by atoms with Crippen molar-refractivity contribution in [3.8, 4) is 0 Å². The molecule has 0 unspecified atom stereocenters. The van der Waals surface area contributed by atoms with Crippen LogP contribution in [0.5, 0.6) is 0 Å². The lowest BCUT2D eigenvalue weighted by Crippen LogP contribution is -2.42. The van der Waals surface area contributed by atoms with Crippen molar-refractivity contribution in [2.45, 2.75) is 19.8 Å². The van der Waals surface area contributed by atoms with Crippen LogP contribution in [0.15, 0.2) is 0 Å². The molecule has 20 heavy (non-hydrogen) atoms. The Morgan fingerprint density at radius 1 is 0.700 bits per heavy atom. The third kappa shape index (κ3) is 15.7. The summed E-state index contributed by atoms with van der Waals surface area (Å²) in [5, 5.41) is 51.0. The van der Waals surface area contributed by atoms with Gasteiger partial charge in [0.2, 0.25) is 0 Å². The van der Waals surface area contributed by atoms with Crippen molar-refractivity contribution in [1.82, 2.24) is 9.80 Å². The first-order valence-corrected chi connectivity index (χ1v) is 6.78. The first kappa shape index (κ1) is 22.0. The highest BCUT2D eigenvalue weighted by Crippen LogP contribution is 1.97. The van der Waals surface area contributed by atoms with E-state index in [2.05, 4.69) is 0 Å². The van der Waals surface area contributed by atoms with E-state index in [-0.39, 0.29) is 26.4 Å². The second-order valence-corrected chi connectivity index (χ2v) is 4.25. The Bertz CT molecular complexity index is 183. The van der Waals surface area contributed by atoms with Gasteiger partial charge in [0.05, 0.1) is 26.4 Å². The Kier molecular flexibility index (Phi) is 15.0. The molecule has 0 saturated carbocycles. The summed E-state index contributed by atoms with van der Waals surface area (Å²) in [6, 6.07) is 0. The van der Waals surface area contributed by atoms with E-state index < -0.39 is 5.97 Å². The SMILES string of the molecule is CCN(CC)CC(O)(O)O.OCCN(CCO)CCO. The fourth-order valence-corrected chi connectivity index (χ4v) is 1.51. The normalized spacial score (nSPS) is 11.7. The van der Waals surface area contributed by atoms with Gasteiger partial charge in [0.25, 0.3) is 5.97 Å². The highest BCUT2D eigenvalue weighted by molar-refractivity contribution is 4.57. The van der Waals surface area contributed by atoms with Gasteiger partial charge in [-0.15, -0.1) is 0 Å². The average Bonchev–Trinajstić information content (AvgIpc) is 2.36. The molecule has 8 heteroatoms. The molecule has 0 spiro atoms. The number of aliphatic hydroxyl groups excluding tert-OH is 3. The van der Waals surface area contributed by atoms with Crippen molar-refractivity contribution in [2.24, 2.45) is 0 Å². The molecule has 0 aromatic carbocycles. The first-order chi connectivity index (χ1) is 9.34. The molecule has 0 aromatic rings. The van der Waals surface area contributed by atoms with E-state index in [1.807, 2.05) is 13.8 Å². The molecule has 0 aromatic heterocycles. The van der Waals surface area contributed by atoms with E-state index in [1.165, 1.54) is 0 Å². The topological polar surface area (TPSA) is 128 Å². The summed E-state index contributed by atoms with van der Waals surface area (Å²) in [4.78, 5) is 3.50. The number of hydrogen-bond acceptors (Lipinski definition) is 8. The Balaban J connectivity index is 0. The van der Waals surface area contributed by atoms with Crippen LogP contribution in [-0.4, -0.2) is 106 Å². The Morgan fingerprint density at radius 3 is 1.20 bits per heavy atom. The quantitative estimate of drug-likeness (QED) is 0.239. The maximum absolute atomic E-state index is 8.52. The number of nitrogens with zero attached hydrogens (tertiary/aromatic N) is 2. The van der Waals surface area contributed by atoms with Crippen LogP contribution in [-0.2, 0) is 0 Å². The molecule has 0 atom stereocenters. The maximum Gasteiger partial charge on any atom is 0.288 e. The number of likely N-dealkylation sites (N-methyl/N-ethyl adjacent to an activating group) is 1. The van der Waals surface area contributed by atoms with Crippen molar-refractivity contribution in [1.29, 1.82) is 0 Å². The summed E-state index contributed by atoms with van der Waals surface area (Å²) < 4.78 is 0. The van der Waals surface area contributed by atoms with E-state index in [1.54, 1.807) is 9.80 Å². The van der Waals surface area contributed by atoms with Gasteiger partial charge in [-0.2, -0.15) is 0 Å². The van der Waals surface area contributed by atoms with Crippen LogP contribution in [0, 0.1) is 0 Å². The van der Waals surface area contributed by atoms with E-state index in [0.717, 1.165) is 0 Å². The molecule has 0 aliphatic rings. The van der Waals surface area contributed by atoms with Gasteiger partial charge in [-0.3, -0.25) is 9.80 Å². The van der Waals surface area contributed by atoms with Crippen molar-refractivity contribution in [3.63, 3.8) is 0 Å². The van der Waals surface area contributed by atoms with Crippen molar-refractivity contribution >= 4 is 0 Å². The predicted molar refractivity (Wildman–Crippen MR) is 74.9 cm³/mol. The summed E-state index contributed by atoms with van der Waals surface area (Å²) in [5.74, 6) is -2.55. The maximum atomic E-state index is 8.52. The van der Waals surface area contributed by atoms with Gasteiger partial charge < -0.3 is 30.6 Å². The van der Waals surface area contributed by atoms with Gasteiger partial charge in [-0.05, 0) is 13.1 Å². The molecule has 0 heterocycles. The lowest BCUT2D eigenvalue weighted by molar-refractivity contribution is -0.316. The van der Waals surface area contributed by atoms with E-state index in [4.69, 9.17) is 30.6 Å². The summed E-state index contributed by atoms with van der Waals surface area (Å²) in [6.45, 7) is 6.79. The summed E-state index contributed by atoms with van der Waals surface area (Å²) >= 11 is 0. The molecule has 0 rings (SSSR count). The monoisotopic (exact) mass is 298 g/mol. The minimum absolute atomic E-state index is 0.0694. The van der Waals surface area contributed by atoms with Crippen LogP contribution in [0.25, 0.3) is 0 Å². The zero-order chi connectivity index (χ0) is 16.0. The van der Waals surface area contributed by atoms with Gasteiger partial charge in [-0.25, -0.2) is 0 Å². The minimum atomic E-state index is -2.55. The van der Waals surface area contributed by atoms with Crippen LogP contribution in [0.1, 0.15) is 13.8 Å². The summed E-state index contributed by atoms with van der Waals surface area (Å²) in [7, 11) is 0. The highest BCUT2D eigenvalue weighted by Gasteiger charge is 2.20. The predicted octanol–water partition coefficient (Wildman–Crippen LogP) is -2.78. The van der Waals surface area contributed by atoms with Gasteiger partial charge in [0.15, 0.2) is 0 Å². The smallest absolute Gasteiger partial charge is 0.288 e. The average molecular weight is 298 g/mol. The second-order valence-electron chi connectivity index (χ2n) is 4.25. The largest absolute Gasteiger partial charge is 0.395 e.